The van der Waals surface area contributed by atoms with Crippen molar-refractivity contribution >= 4 is 5.69 Å². The van der Waals surface area contributed by atoms with Gasteiger partial charge in [0.1, 0.15) is 0 Å². The first kappa shape index (κ1) is 16.1. The molecule has 0 aromatic heterocycles. The van der Waals surface area contributed by atoms with E-state index in [0.29, 0.717) is 0 Å². The van der Waals surface area contributed by atoms with Crippen LogP contribution in [0.4, 0.5) is 5.69 Å². The number of rotatable bonds is 6. The molecule has 23 heavy (non-hydrogen) atoms. The number of nitrogens with zero attached hydrogens (tertiary/aromatic N) is 1. The largest absolute Gasteiger partial charge is 0.385 e. The molecule has 0 saturated carbocycles. The highest BCUT2D eigenvalue weighted by atomic mass is 15.1. The van der Waals surface area contributed by atoms with E-state index < -0.39 is 0 Å². The summed E-state index contributed by atoms with van der Waals surface area (Å²) in [6.07, 6.45) is 3.71. The molecule has 2 aromatic carbocycles. The fourth-order valence-electron chi connectivity index (χ4n) is 3.31. The van der Waals surface area contributed by atoms with Gasteiger partial charge in [-0.3, -0.25) is 4.90 Å². The molecule has 1 heterocycles. The lowest BCUT2D eigenvalue weighted by molar-refractivity contribution is 0.182. The Labute approximate surface area is 140 Å². The van der Waals surface area contributed by atoms with Crippen LogP contribution in [0, 0.1) is 5.92 Å². The van der Waals surface area contributed by atoms with Gasteiger partial charge in [0.2, 0.25) is 0 Å². The summed E-state index contributed by atoms with van der Waals surface area (Å²) in [5.74, 6) is 0.799. The number of likely N-dealkylation sites (tertiary alicyclic amines) is 1. The lowest BCUT2D eigenvalue weighted by Gasteiger charge is -2.32. The topological polar surface area (TPSA) is 15.3 Å². The molecule has 0 atom stereocenters. The van der Waals surface area contributed by atoms with E-state index in [1.54, 1.807) is 0 Å². The first-order chi connectivity index (χ1) is 11.3. The number of hydrogen-bond acceptors (Lipinski definition) is 2. The Morgan fingerprint density at radius 1 is 0.913 bits per heavy atom. The molecule has 0 amide bonds. The van der Waals surface area contributed by atoms with Gasteiger partial charge in [0.25, 0.3) is 0 Å². The van der Waals surface area contributed by atoms with E-state index in [4.69, 9.17) is 0 Å². The molecular weight excluding hydrogens is 280 g/mol. The normalized spacial score (nSPS) is 16.4. The summed E-state index contributed by atoms with van der Waals surface area (Å²) >= 11 is 0. The minimum absolute atomic E-state index is 0.799. The van der Waals surface area contributed by atoms with Crippen LogP contribution in [-0.2, 0) is 13.0 Å². The number of aryl methyl sites for hydroxylation is 1. The summed E-state index contributed by atoms with van der Waals surface area (Å²) in [5.41, 5.74) is 4.10. The Morgan fingerprint density at radius 3 is 2.26 bits per heavy atom. The molecule has 0 bridgehead atoms. The number of nitrogens with one attached hydrogen (secondary N) is 1. The Morgan fingerprint density at radius 2 is 1.61 bits per heavy atom. The van der Waals surface area contributed by atoms with Crippen LogP contribution in [0.15, 0.2) is 54.6 Å². The van der Waals surface area contributed by atoms with Gasteiger partial charge < -0.3 is 5.32 Å². The zero-order chi connectivity index (χ0) is 15.9. The molecule has 0 spiro atoms. The second-order valence-electron chi connectivity index (χ2n) is 6.64. The van der Waals surface area contributed by atoms with E-state index in [0.717, 1.165) is 25.4 Å². The van der Waals surface area contributed by atoms with Crippen molar-refractivity contribution in [2.75, 3.05) is 25.0 Å². The highest BCUT2D eigenvalue weighted by Crippen LogP contribution is 2.20. The summed E-state index contributed by atoms with van der Waals surface area (Å²) < 4.78 is 0. The fraction of sp³-hybridized carbons (Fsp3) is 0.429. The van der Waals surface area contributed by atoms with Crippen molar-refractivity contribution in [3.8, 4) is 0 Å². The molecule has 2 nitrogen and oxygen atoms in total. The van der Waals surface area contributed by atoms with Gasteiger partial charge in [-0.05, 0) is 61.5 Å². The Bertz CT molecular complexity index is 569. The van der Waals surface area contributed by atoms with Crippen molar-refractivity contribution in [1.29, 1.82) is 0 Å². The molecule has 1 N–H and O–H groups in total. The summed E-state index contributed by atoms with van der Waals surface area (Å²) in [4.78, 5) is 2.59. The monoisotopic (exact) mass is 308 g/mol. The van der Waals surface area contributed by atoms with E-state index in [9.17, 15) is 0 Å². The number of hydrogen-bond donors (Lipinski definition) is 1. The molecule has 0 unspecified atom stereocenters. The van der Waals surface area contributed by atoms with Crippen LogP contribution in [0.1, 0.15) is 30.9 Å². The third-order valence-corrected chi connectivity index (χ3v) is 4.91. The van der Waals surface area contributed by atoms with Gasteiger partial charge in [0.05, 0.1) is 0 Å². The zero-order valence-corrected chi connectivity index (χ0v) is 14.2. The van der Waals surface area contributed by atoms with Crippen LogP contribution in [0.3, 0.4) is 0 Å². The maximum absolute atomic E-state index is 3.61. The molecule has 0 radical (unpaired) electrons. The second kappa shape index (κ2) is 8.16. The van der Waals surface area contributed by atoms with E-state index in [2.05, 4.69) is 71.7 Å². The fourth-order valence-corrected chi connectivity index (χ4v) is 3.31. The van der Waals surface area contributed by atoms with Crippen molar-refractivity contribution in [3.63, 3.8) is 0 Å². The molecule has 3 rings (SSSR count). The maximum Gasteiger partial charge on any atom is 0.0340 e. The van der Waals surface area contributed by atoms with Gasteiger partial charge in [0.15, 0.2) is 0 Å². The van der Waals surface area contributed by atoms with E-state index >= 15 is 0 Å². The highest BCUT2D eigenvalue weighted by Gasteiger charge is 2.18. The van der Waals surface area contributed by atoms with E-state index in [1.807, 2.05) is 0 Å². The summed E-state index contributed by atoms with van der Waals surface area (Å²) in [7, 11) is 0. The average molecular weight is 308 g/mol. The predicted molar refractivity (Wildman–Crippen MR) is 98.8 cm³/mol. The molecule has 1 saturated heterocycles. The molecule has 1 fully saturated rings. The SMILES string of the molecule is CCc1ccc(NCC2CCN(Cc3ccccc3)CC2)cc1. The van der Waals surface area contributed by atoms with Gasteiger partial charge in [-0.15, -0.1) is 0 Å². The molecule has 122 valence electrons. The standard InChI is InChI=1S/C21H28N2/c1-2-18-8-10-21(11-9-18)22-16-19-12-14-23(15-13-19)17-20-6-4-3-5-7-20/h3-11,19,22H,2,12-17H2,1H3. The highest BCUT2D eigenvalue weighted by molar-refractivity contribution is 5.44. The summed E-state index contributed by atoms with van der Waals surface area (Å²) in [5, 5.41) is 3.61. The Balaban J connectivity index is 1.40. The van der Waals surface area contributed by atoms with Gasteiger partial charge in [-0.25, -0.2) is 0 Å². The Hall–Kier alpha value is -1.80. The molecule has 2 heteroatoms. The van der Waals surface area contributed by atoms with E-state index in [-0.39, 0.29) is 0 Å². The molecular formula is C21H28N2. The van der Waals surface area contributed by atoms with E-state index in [1.165, 1.54) is 42.7 Å². The maximum atomic E-state index is 3.61. The predicted octanol–water partition coefficient (Wildman–Crippen LogP) is 4.57. The average Bonchev–Trinajstić information content (AvgIpc) is 2.62. The second-order valence-corrected chi connectivity index (χ2v) is 6.64. The summed E-state index contributed by atoms with van der Waals surface area (Å²) in [6, 6.07) is 19.7. The van der Waals surface area contributed by atoms with Crippen LogP contribution in [0.2, 0.25) is 0 Å². The lowest BCUT2D eigenvalue weighted by Crippen LogP contribution is -2.35. The molecule has 0 aliphatic carbocycles. The van der Waals surface area contributed by atoms with Crippen LogP contribution < -0.4 is 5.32 Å². The third-order valence-electron chi connectivity index (χ3n) is 4.91. The van der Waals surface area contributed by atoms with Crippen LogP contribution >= 0.6 is 0 Å². The number of benzene rings is 2. The quantitative estimate of drug-likeness (QED) is 0.840. The molecule has 1 aliphatic rings. The number of piperidine rings is 1. The van der Waals surface area contributed by atoms with Gasteiger partial charge >= 0.3 is 0 Å². The molecule has 1 aliphatic heterocycles. The summed E-state index contributed by atoms with van der Waals surface area (Å²) in [6.45, 7) is 6.84. The number of anilines is 1. The minimum Gasteiger partial charge on any atom is -0.385 e. The zero-order valence-electron chi connectivity index (χ0n) is 14.2. The first-order valence-corrected chi connectivity index (χ1v) is 8.92. The van der Waals surface area contributed by atoms with Crippen molar-refractivity contribution in [2.45, 2.75) is 32.7 Å². The van der Waals surface area contributed by atoms with Crippen LogP contribution in [0.5, 0.6) is 0 Å². The Kier molecular flexibility index (Phi) is 5.71. The van der Waals surface area contributed by atoms with Gasteiger partial charge in [-0.2, -0.15) is 0 Å². The van der Waals surface area contributed by atoms with Gasteiger partial charge in [0, 0.05) is 18.8 Å². The third kappa shape index (κ3) is 4.84. The van der Waals surface area contributed by atoms with Gasteiger partial charge in [-0.1, -0.05) is 49.4 Å². The van der Waals surface area contributed by atoms with Crippen molar-refractivity contribution in [2.24, 2.45) is 5.92 Å². The van der Waals surface area contributed by atoms with Crippen molar-refractivity contribution < 1.29 is 0 Å². The van der Waals surface area contributed by atoms with Crippen LogP contribution in [-0.4, -0.2) is 24.5 Å². The first-order valence-electron chi connectivity index (χ1n) is 8.92. The van der Waals surface area contributed by atoms with Crippen molar-refractivity contribution in [1.82, 2.24) is 4.90 Å². The van der Waals surface area contributed by atoms with Crippen molar-refractivity contribution in [3.05, 3.63) is 65.7 Å². The minimum atomic E-state index is 0.799. The molecule has 2 aromatic rings. The smallest absolute Gasteiger partial charge is 0.0340 e. The lowest BCUT2D eigenvalue weighted by atomic mass is 9.96. The van der Waals surface area contributed by atoms with Crippen LogP contribution in [0.25, 0.3) is 0 Å².